The van der Waals surface area contributed by atoms with Crippen molar-refractivity contribution in [3.05, 3.63) is 59.4 Å². The number of halogens is 1. The molecule has 3 nitrogen and oxygen atoms in total. The SMILES string of the molecule is CCCc1ccc(OCc2ccc(F)c(B3OC(C)(C)C(C)(C)O3)c2)cc1. The fourth-order valence-corrected chi connectivity index (χ4v) is 3.04. The first kappa shape index (κ1) is 19.9. The van der Waals surface area contributed by atoms with Gasteiger partial charge in [0, 0.05) is 5.46 Å². The van der Waals surface area contributed by atoms with Crippen LogP contribution in [0.25, 0.3) is 0 Å². The molecule has 0 spiro atoms. The smallest absolute Gasteiger partial charge is 0.489 e. The van der Waals surface area contributed by atoms with Gasteiger partial charge < -0.3 is 14.0 Å². The van der Waals surface area contributed by atoms with E-state index in [-0.39, 0.29) is 5.82 Å². The fourth-order valence-electron chi connectivity index (χ4n) is 3.04. The lowest BCUT2D eigenvalue weighted by molar-refractivity contribution is 0.00578. The Morgan fingerprint density at radius 1 is 0.926 bits per heavy atom. The van der Waals surface area contributed by atoms with E-state index in [2.05, 4.69) is 19.1 Å². The molecule has 2 aromatic rings. The van der Waals surface area contributed by atoms with E-state index in [9.17, 15) is 4.39 Å². The zero-order valence-corrected chi connectivity index (χ0v) is 16.8. The molecule has 0 bridgehead atoms. The molecule has 1 fully saturated rings. The van der Waals surface area contributed by atoms with Gasteiger partial charge in [0.15, 0.2) is 0 Å². The molecule has 1 saturated heterocycles. The van der Waals surface area contributed by atoms with Crippen molar-refractivity contribution >= 4 is 12.6 Å². The summed E-state index contributed by atoms with van der Waals surface area (Å²) in [5, 5.41) is 0. The van der Waals surface area contributed by atoms with Crippen LogP contribution in [0.4, 0.5) is 4.39 Å². The Kier molecular flexibility index (Phi) is 5.64. The molecular weight excluding hydrogens is 342 g/mol. The van der Waals surface area contributed by atoms with Crippen LogP contribution in [-0.4, -0.2) is 18.3 Å². The highest BCUT2D eigenvalue weighted by Crippen LogP contribution is 2.36. The molecule has 0 saturated carbocycles. The average molecular weight is 370 g/mol. The maximum Gasteiger partial charge on any atom is 0.497 e. The summed E-state index contributed by atoms with van der Waals surface area (Å²) in [7, 11) is -0.719. The number of aryl methyl sites for hydroxylation is 1. The molecule has 144 valence electrons. The lowest BCUT2D eigenvalue weighted by Crippen LogP contribution is -2.41. The Morgan fingerprint density at radius 3 is 2.11 bits per heavy atom. The van der Waals surface area contributed by atoms with Gasteiger partial charge in [0.2, 0.25) is 0 Å². The minimum Gasteiger partial charge on any atom is -0.489 e. The van der Waals surface area contributed by atoms with Crippen molar-refractivity contribution in [3.63, 3.8) is 0 Å². The first-order valence-electron chi connectivity index (χ1n) is 9.57. The standard InChI is InChI=1S/C22H28BFO3/c1-6-7-16-8-11-18(12-9-16)25-15-17-10-13-20(24)19(14-17)23-26-21(2,3)22(4,5)27-23/h8-14H,6-7,15H2,1-5H3. The van der Waals surface area contributed by atoms with Crippen LogP contribution < -0.4 is 10.2 Å². The third-order valence-electron chi connectivity index (χ3n) is 5.44. The topological polar surface area (TPSA) is 27.7 Å². The molecule has 27 heavy (non-hydrogen) atoms. The van der Waals surface area contributed by atoms with E-state index >= 15 is 0 Å². The molecule has 1 heterocycles. The van der Waals surface area contributed by atoms with Crippen LogP contribution in [0.2, 0.25) is 0 Å². The fraction of sp³-hybridized carbons (Fsp3) is 0.455. The van der Waals surface area contributed by atoms with Gasteiger partial charge in [-0.2, -0.15) is 0 Å². The van der Waals surface area contributed by atoms with Crippen LogP contribution in [0.3, 0.4) is 0 Å². The van der Waals surface area contributed by atoms with E-state index in [0.717, 1.165) is 24.2 Å². The zero-order chi connectivity index (χ0) is 19.7. The van der Waals surface area contributed by atoms with Crippen molar-refractivity contribution in [2.75, 3.05) is 0 Å². The average Bonchev–Trinajstić information content (AvgIpc) is 2.83. The maximum atomic E-state index is 14.4. The predicted octanol–water partition coefficient (Wildman–Crippen LogP) is 4.66. The van der Waals surface area contributed by atoms with Gasteiger partial charge in [0.25, 0.3) is 0 Å². The van der Waals surface area contributed by atoms with Crippen molar-refractivity contribution in [2.24, 2.45) is 0 Å². The highest BCUT2D eigenvalue weighted by molar-refractivity contribution is 6.62. The molecule has 5 heteroatoms. The van der Waals surface area contributed by atoms with Crippen molar-refractivity contribution in [3.8, 4) is 5.75 Å². The second kappa shape index (κ2) is 7.65. The highest BCUT2D eigenvalue weighted by atomic mass is 19.1. The minimum atomic E-state index is -0.719. The molecule has 0 N–H and O–H groups in total. The summed E-state index contributed by atoms with van der Waals surface area (Å²) >= 11 is 0. The molecule has 0 atom stereocenters. The van der Waals surface area contributed by atoms with E-state index in [1.165, 1.54) is 11.6 Å². The summed E-state index contributed by atoms with van der Waals surface area (Å²) in [4.78, 5) is 0. The van der Waals surface area contributed by atoms with Crippen molar-refractivity contribution < 1.29 is 18.4 Å². The third-order valence-corrected chi connectivity index (χ3v) is 5.44. The maximum absolute atomic E-state index is 14.4. The Labute approximate surface area is 162 Å². The minimum absolute atomic E-state index is 0.332. The van der Waals surface area contributed by atoms with E-state index in [4.69, 9.17) is 14.0 Å². The van der Waals surface area contributed by atoms with Gasteiger partial charge in [-0.3, -0.25) is 0 Å². The van der Waals surface area contributed by atoms with Crippen LogP contribution in [0.15, 0.2) is 42.5 Å². The molecule has 0 aromatic heterocycles. The van der Waals surface area contributed by atoms with Gasteiger partial charge in [-0.05, 0) is 63.4 Å². The van der Waals surface area contributed by atoms with Crippen molar-refractivity contribution in [2.45, 2.75) is 65.3 Å². The first-order valence-corrected chi connectivity index (χ1v) is 9.57. The summed E-state index contributed by atoms with van der Waals surface area (Å²) in [6, 6.07) is 13.1. The van der Waals surface area contributed by atoms with Gasteiger partial charge in [-0.25, -0.2) is 4.39 Å². The molecular formula is C22H28BFO3. The second-order valence-corrected chi connectivity index (χ2v) is 8.13. The van der Waals surface area contributed by atoms with Crippen LogP contribution in [0.5, 0.6) is 5.75 Å². The summed E-state index contributed by atoms with van der Waals surface area (Å²) in [5.41, 5.74) is 1.58. The summed E-state index contributed by atoms with van der Waals surface area (Å²) in [6.45, 7) is 10.4. The quantitative estimate of drug-likeness (QED) is 0.693. The molecule has 0 amide bonds. The van der Waals surface area contributed by atoms with Crippen LogP contribution in [0.1, 0.15) is 52.2 Å². The van der Waals surface area contributed by atoms with E-state index < -0.39 is 18.3 Å². The molecule has 0 unspecified atom stereocenters. The largest absolute Gasteiger partial charge is 0.497 e. The van der Waals surface area contributed by atoms with Gasteiger partial charge in [0.05, 0.1) is 11.2 Å². The van der Waals surface area contributed by atoms with Crippen molar-refractivity contribution in [1.82, 2.24) is 0 Å². The van der Waals surface area contributed by atoms with E-state index in [1.54, 1.807) is 12.1 Å². The summed E-state index contributed by atoms with van der Waals surface area (Å²) in [6.07, 6.45) is 2.19. The second-order valence-electron chi connectivity index (χ2n) is 8.13. The van der Waals surface area contributed by atoms with Gasteiger partial charge >= 0.3 is 7.12 Å². The Bertz CT molecular complexity index is 771. The first-order chi connectivity index (χ1) is 12.7. The highest BCUT2D eigenvalue weighted by Gasteiger charge is 2.52. The number of hydrogen-bond acceptors (Lipinski definition) is 3. The lowest BCUT2D eigenvalue weighted by Gasteiger charge is -2.32. The Balaban J connectivity index is 1.70. The van der Waals surface area contributed by atoms with E-state index in [1.807, 2.05) is 39.8 Å². The van der Waals surface area contributed by atoms with Gasteiger partial charge in [-0.15, -0.1) is 0 Å². The monoisotopic (exact) mass is 370 g/mol. The van der Waals surface area contributed by atoms with E-state index in [0.29, 0.717) is 12.1 Å². The predicted molar refractivity (Wildman–Crippen MR) is 107 cm³/mol. The van der Waals surface area contributed by atoms with Crippen LogP contribution in [-0.2, 0) is 22.3 Å². The molecule has 1 aliphatic rings. The molecule has 3 rings (SSSR count). The number of ether oxygens (including phenoxy) is 1. The van der Waals surface area contributed by atoms with Gasteiger partial charge in [0.1, 0.15) is 18.2 Å². The summed E-state index contributed by atoms with van der Waals surface area (Å²) < 4.78 is 32.2. The number of hydrogen-bond donors (Lipinski definition) is 0. The van der Waals surface area contributed by atoms with Gasteiger partial charge in [-0.1, -0.05) is 37.6 Å². The Morgan fingerprint density at radius 2 is 1.52 bits per heavy atom. The molecule has 2 aromatic carbocycles. The molecule has 0 radical (unpaired) electrons. The molecule has 1 aliphatic heterocycles. The molecule has 0 aliphatic carbocycles. The van der Waals surface area contributed by atoms with Crippen molar-refractivity contribution in [1.29, 1.82) is 0 Å². The number of benzene rings is 2. The zero-order valence-electron chi connectivity index (χ0n) is 16.8. The number of rotatable bonds is 6. The Hall–Kier alpha value is -1.85. The lowest BCUT2D eigenvalue weighted by atomic mass is 9.78. The van der Waals surface area contributed by atoms with Crippen LogP contribution in [0, 0.1) is 5.82 Å². The summed E-state index contributed by atoms with van der Waals surface area (Å²) in [5.74, 6) is 0.470. The van der Waals surface area contributed by atoms with Crippen LogP contribution >= 0.6 is 0 Å². The third kappa shape index (κ3) is 4.36. The normalized spacial score (nSPS) is 17.9.